The number of H-pyrrole nitrogens is 1. The maximum Gasteiger partial charge on any atom is 0.330 e. The Hall–Kier alpha value is -4.60. The predicted molar refractivity (Wildman–Crippen MR) is 215 cm³/mol. The van der Waals surface area contributed by atoms with Crippen molar-refractivity contribution in [1.82, 2.24) is 14.2 Å². The van der Waals surface area contributed by atoms with Gasteiger partial charge in [0, 0.05) is 25.4 Å². The van der Waals surface area contributed by atoms with Crippen LogP contribution in [0.15, 0.2) is 101 Å². The van der Waals surface area contributed by atoms with Crippen molar-refractivity contribution in [2.45, 2.75) is 77.0 Å². The van der Waals surface area contributed by atoms with E-state index in [1.165, 1.54) is 16.8 Å². The molecule has 12 nitrogen and oxygen atoms in total. The van der Waals surface area contributed by atoms with E-state index in [1.807, 2.05) is 78.9 Å². The van der Waals surface area contributed by atoms with Crippen LogP contribution < -0.4 is 20.7 Å². The Morgan fingerprint density at radius 1 is 0.927 bits per heavy atom. The monoisotopic (exact) mass is 772 g/mol. The summed E-state index contributed by atoms with van der Waals surface area (Å²) in [7, 11) is 3.89. The minimum Gasteiger partial charge on any atom is -0.497 e. The Bertz CT molecular complexity index is 1890. The predicted octanol–water partition coefficient (Wildman–Crippen LogP) is 7.79. The number of nitrogens with zero attached hydrogens (tertiary/aromatic N) is 3. The third-order valence-corrected chi connectivity index (χ3v) is 11.1. The van der Waals surface area contributed by atoms with Gasteiger partial charge in [-0.05, 0) is 81.5 Å². The molecule has 0 amide bonds. The molecule has 0 spiro atoms. The number of ether oxygens (including phenoxy) is 4. The highest BCUT2D eigenvalue weighted by Crippen LogP contribution is 2.45. The number of rotatable bonds is 17. The van der Waals surface area contributed by atoms with Gasteiger partial charge in [-0.2, -0.15) is 5.26 Å². The lowest BCUT2D eigenvalue weighted by molar-refractivity contribution is -0.0774. The van der Waals surface area contributed by atoms with Crippen LogP contribution in [0.4, 0.5) is 0 Å². The molecule has 3 atom stereocenters. The normalized spacial score (nSPS) is 16.0. The summed E-state index contributed by atoms with van der Waals surface area (Å²) in [6, 6.07) is 28.5. The first-order valence-corrected chi connectivity index (χ1v) is 19.4. The maximum absolute atomic E-state index is 12.5. The molecule has 0 saturated carbocycles. The first kappa shape index (κ1) is 43.1. The van der Waals surface area contributed by atoms with E-state index < -0.39 is 31.6 Å². The van der Waals surface area contributed by atoms with Gasteiger partial charge in [-0.3, -0.25) is 14.3 Å². The summed E-state index contributed by atoms with van der Waals surface area (Å²) in [5, 5.41) is 8.43. The molecular weight excluding hydrogens is 719 g/mol. The Kier molecular flexibility index (Phi) is 16.4. The largest absolute Gasteiger partial charge is 0.497 e. The number of aromatic nitrogens is 2. The maximum atomic E-state index is 12.5. The summed E-state index contributed by atoms with van der Waals surface area (Å²) in [5.74, 6) is 1.49. The molecule has 1 N–H and O–H groups in total. The van der Waals surface area contributed by atoms with Crippen LogP contribution in [0.5, 0.6) is 11.5 Å². The van der Waals surface area contributed by atoms with Gasteiger partial charge in [0.1, 0.15) is 23.3 Å². The first-order chi connectivity index (χ1) is 26.5. The summed E-state index contributed by atoms with van der Waals surface area (Å²) in [6.07, 6.45) is 3.79. The molecule has 0 aliphatic carbocycles. The smallest absolute Gasteiger partial charge is 0.330 e. The third-order valence-electron chi connectivity index (χ3n) is 9.09. The van der Waals surface area contributed by atoms with Gasteiger partial charge >= 0.3 is 5.69 Å². The van der Waals surface area contributed by atoms with E-state index in [4.69, 9.17) is 33.3 Å². The molecular formula is C42H53N4O8P. The summed E-state index contributed by atoms with van der Waals surface area (Å²) >= 11 is 0. The number of hydrogen-bond acceptors (Lipinski definition) is 10. The summed E-state index contributed by atoms with van der Waals surface area (Å²) in [5.41, 5.74) is 1.15. The molecule has 1 aromatic heterocycles. The molecule has 1 fully saturated rings. The van der Waals surface area contributed by atoms with Gasteiger partial charge < -0.3 is 28.0 Å². The van der Waals surface area contributed by atoms with Crippen LogP contribution >= 0.6 is 8.53 Å². The van der Waals surface area contributed by atoms with Crippen molar-refractivity contribution in [3.63, 3.8) is 0 Å². The summed E-state index contributed by atoms with van der Waals surface area (Å²) in [4.78, 5) is 26.8. The molecule has 0 bridgehead atoms. The number of methoxy groups -OCH3 is 2. The Balaban J connectivity index is 0.000000381. The van der Waals surface area contributed by atoms with Crippen molar-refractivity contribution in [2.75, 3.05) is 34.5 Å². The highest BCUT2D eigenvalue weighted by Gasteiger charge is 2.40. The van der Waals surface area contributed by atoms with Crippen molar-refractivity contribution in [1.29, 1.82) is 5.26 Å². The van der Waals surface area contributed by atoms with Gasteiger partial charge in [-0.15, -0.1) is 0 Å². The lowest BCUT2D eigenvalue weighted by Crippen LogP contribution is -2.36. The van der Waals surface area contributed by atoms with Crippen molar-refractivity contribution in [3.05, 3.63) is 135 Å². The van der Waals surface area contributed by atoms with Crippen molar-refractivity contribution in [3.8, 4) is 17.6 Å². The first-order valence-electron chi connectivity index (χ1n) is 18.3. The number of aromatic amines is 1. The van der Waals surface area contributed by atoms with Gasteiger partial charge in [0.15, 0.2) is 0 Å². The highest BCUT2D eigenvalue weighted by molar-refractivity contribution is 7.44. The van der Waals surface area contributed by atoms with E-state index in [9.17, 15) is 9.59 Å². The summed E-state index contributed by atoms with van der Waals surface area (Å²) in [6.45, 7) is 12.8. The lowest BCUT2D eigenvalue weighted by atomic mass is 9.80. The molecule has 4 aromatic rings. The molecule has 0 radical (unpaired) electrons. The Morgan fingerprint density at radius 3 is 1.98 bits per heavy atom. The van der Waals surface area contributed by atoms with Gasteiger partial charge in [0.2, 0.25) is 0 Å². The second-order valence-electron chi connectivity index (χ2n) is 13.3. The second-order valence-corrected chi connectivity index (χ2v) is 14.9. The van der Waals surface area contributed by atoms with Crippen LogP contribution in [0.25, 0.3) is 6.08 Å². The fraction of sp³-hybridized carbons (Fsp3) is 0.405. The number of nitrogens with one attached hydrogen (secondary N) is 1. The molecule has 55 heavy (non-hydrogen) atoms. The van der Waals surface area contributed by atoms with Gasteiger partial charge in [-0.25, -0.2) is 9.46 Å². The number of benzene rings is 3. The van der Waals surface area contributed by atoms with Crippen LogP contribution in [-0.2, 0) is 24.1 Å². The zero-order chi connectivity index (χ0) is 40.0. The van der Waals surface area contributed by atoms with E-state index in [0.717, 1.165) is 28.2 Å². The molecule has 13 heteroatoms. The number of hydrogen-bond donors (Lipinski definition) is 1. The van der Waals surface area contributed by atoms with E-state index in [0.29, 0.717) is 43.5 Å². The molecule has 3 unspecified atom stereocenters. The highest BCUT2D eigenvalue weighted by atomic mass is 31.2. The average Bonchev–Trinajstić information content (AvgIpc) is 3.67. The SMILES string of the molecule is C=Cc1cn(C2CCC(COC(c3ccccc3)(c3ccc(OC)cc3)c3ccc(OC)cc3)O2)c(=O)[nH]c1=O.COP(OCCC#N)N(C(C)C)C(C)C. The molecule has 1 aliphatic heterocycles. The third kappa shape index (κ3) is 10.8. The molecule has 1 saturated heterocycles. The summed E-state index contributed by atoms with van der Waals surface area (Å²) < 4.78 is 38.6. The van der Waals surface area contributed by atoms with E-state index in [-0.39, 0.29) is 12.7 Å². The minimum absolute atomic E-state index is 0.260. The van der Waals surface area contributed by atoms with Crippen LogP contribution in [0.1, 0.15) is 75.4 Å². The van der Waals surface area contributed by atoms with Crippen LogP contribution in [0, 0.1) is 11.3 Å². The molecule has 2 heterocycles. The Labute approximate surface area is 325 Å². The topological polar surface area (TPSA) is 137 Å². The second kappa shape index (κ2) is 20.9. The molecule has 294 valence electrons. The fourth-order valence-corrected chi connectivity index (χ4v) is 7.95. The molecule has 5 rings (SSSR count). The van der Waals surface area contributed by atoms with Crippen molar-refractivity contribution in [2.24, 2.45) is 0 Å². The van der Waals surface area contributed by atoms with E-state index in [1.54, 1.807) is 21.3 Å². The zero-order valence-electron chi connectivity index (χ0n) is 32.8. The molecule has 1 aliphatic rings. The van der Waals surface area contributed by atoms with Crippen LogP contribution in [-0.4, -0.2) is 67.0 Å². The van der Waals surface area contributed by atoms with Crippen molar-refractivity contribution < 1.29 is 28.0 Å². The minimum atomic E-state index is -1.03. The van der Waals surface area contributed by atoms with Crippen LogP contribution in [0.2, 0.25) is 0 Å². The fourth-order valence-electron chi connectivity index (χ4n) is 6.52. The van der Waals surface area contributed by atoms with Gasteiger partial charge in [0.25, 0.3) is 14.1 Å². The Morgan fingerprint density at radius 2 is 1.49 bits per heavy atom. The van der Waals surface area contributed by atoms with E-state index in [2.05, 4.69) is 50.0 Å². The molecule has 3 aromatic carbocycles. The standard InChI is InChI=1S/C32H32N2O6.C10H21N2O2P/c1-4-22-20-34(31(36)33-30(22)35)29-19-18-28(40-29)21-39-32(23-8-6-5-7-9-23,24-10-14-26(37-2)15-11-24)25-12-16-27(38-3)17-13-25;1-9(2)12(10(3)4)15(13-5)14-8-6-7-11/h4-17,20,28-29H,1,18-19,21H2,2-3H3,(H,33,35,36);9-10H,6,8H2,1-5H3. The lowest BCUT2D eigenvalue weighted by Gasteiger charge is -2.37. The zero-order valence-corrected chi connectivity index (χ0v) is 33.7. The number of nitriles is 1. The van der Waals surface area contributed by atoms with Gasteiger partial charge in [-0.1, -0.05) is 67.3 Å². The van der Waals surface area contributed by atoms with Gasteiger partial charge in [0.05, 0.1) is 51.6 Å². The van der Waals surface area contributed by atoms with Crippen LogP contribution in [0.3, 0.4) is 0 Å². The van der Waals surface area contributed by atoms with Crippen molar-refractivity contribution >= 4 is 14.6 Å². The average molecular weight is 773 g/mol. The quantitative estimate of drug-likeness (QED) is 0.0643. The van der Waals surface area contributed by atoms with E-state index >= 15 is 0 Å².